The van der Waals surface area contributed by atoms with Gasteiger partial charge in [0.15, 0.2) is 11.5 Å². The molecule has 8 heteroatoms. The molecule has 170 valence electrons. The molecule has 0 spiro atoms. The van der Waals surface area contributed by atoms with Crippen LogP contribution < -0.4 is 19.3 Å². The van der Waals surface area contributed by atoms with E-state index < -0.39 is 5.60 Å². The molecule has 3 aliphatic heterocycles. The zero-order chi connectivity index (χ0) is 22.3. The van der Waals surface area contributed by atoms with E-state index in [2.05, 4.69) is 4.90 Å². The Bertz CT molecular complexity index is 1000. The summed E-state index contributed by atoms with van der Waals surface area (Å²) < 4.78 is 16.5. The minimum Gasteiger partial charge on any atom is -0.454 e. The molecule has 2 fully saturated rings. The number of carbonyl (C=O) groups excluding carboxylic acids is 1. The van der Waals surface area contributed by atoms with Crippen molar-refractivity contribution < 1.29 is 24.1 Å². The van der Waals surface area contributed by atoms with Gasteiger partial charge in [0.2, 0.25) is 6.79 Å². The van der Waals surface area contributed by atoms with Crippen LogP contribution in [0.25, 0.3) is 0 Å². The van der Waals surface area contributed by atoms with Gasteiger partial charge >= 0.3 is 6.09 Å². The van der Waals surface area contributed by atoms with Gasteiger partial charge < -0.3 is 24.2 Å². The number of ether oxygens (including phenoxy) is 3. The second kappa shape index (κ2) is 8.18. The number of rotatable bonds is 5. The number of hydrogen-bond acceptors (Lipinski definition) is 7. The Morgan fingerprint density at radius 2 is 1.88 bits per heavy atom. The molecule has 0 aliphatic carbocycles. The number of piperidine rings is 1. The average Bonchev–Trinajstić information content (AvgIpc) is 3.41. The van der Waals surface area contributed by atoms with Crippen molar-refractivity contribution in [2.24, 2.45) is 0 Å². The maximum atomic E-state index is 12.5. The van der Waals surface area contributed by atoms with Gasteiger partial charge in [0, 0.05) is 45.1 Å². The van der Waals surface area contributed by atoms with Crippen LogP contribution in [0.3, 0.4) is 0 Å². The molecule has 0 saturated carbocycles. The molecule has 0 aromatic heterocycles. The van der Waals surface area contributed by atoms with E-state index in [9.17, 15) is 9.90 Å². The first-order valence-corrected chi connectivity index (χ1v) is 11.0. The van der Waals surface area contributed by atoms with E-state index in [4.69, 9.17) is 14.2 Å². The van der Waals surface area contributed by atoms with Gasteiger partial charge in [-0.25, -0.2) is 4.79 Å². The van der Waals surface area contributed by atoms with Crippen molar-refractivity contribution in [3.8, 4) is 11.5 Å². The first kappa shape index (κ1) is 20.9. The Morgan fingerprint density at radius 3 is 2.66 bits per heavy atom. The fraction of sp³-hybridized carbons (Fsp3) is 0.458. The molecule has 0 bridgehead atoms. The van der Waals surface area contributed by atoms with Crippen LogP contribution in [-0.2, 0) is 10.3 Å². The van der Waals surface area contributed by atoms with Gasteiger partial charge in [-0.1, -0.05) is 12.1 Å². The minimum absolute atomic E-state index is 0.192. The van der Waals surface area contributed by atoms with E-state index in [1.54, 1.807) is 4.90 Å². The van der Waals surface area contributed by atoms with Crippen molar-refractivity contribution in [1.82, 2.24) is 4.90 Å². The molecule has 8 nitrogen and oxygen atoms in total. The first-order valence-electron chi connectivity index (χ1n) is 11.0. The number of likely N-dealkylation sites (tertiary alicyclic amines) is 1. The lowest BCUT2D eigenvalue weighted by molar-refractivity contribution is -0.0325. The zero-order valence-corrected chi connectivity index (χ0v) is 18.5. The molecule has 2 aromatic carbocycles. The van der Waals surface area contributed by atoms with Crippen LogP contribution in [0.4, 0.5) is 16.2 Å². The lowest BCUT2D eigenvalue weighted by Crippen LogP contribution is -2.45. The third-order valence-electron chi connectivity index (χ3n) is 6.59. The first-order chi connectivity index (χ1) is 15.4. The largest absolute Gasteiger partial charge is 0.454 e. The smallest absolute Gasteiger partial charge is 0.414 e. The van der Waals surface area contributed by atoms with E-state index in [1.165, 1.54) is 0 Å². The lowest BCUT2D eigenvalue weighted by atomic mass is 9.84. The second-order valence-corrected chi connectivity index (χ2v) is 8.93. The van der Waals surface area contributed by atoms with Gasteiger partial charge in [0.1, 0.15) is 6.10 Å². The average molecular weight is 440 g/mol. The summed E-state index contributed by atoms with van der Waals surface area (Å²) in [6.45, 7) is 2.87. The van der Waals surface area contributed by atoms with Crippen molar-refractivity contribution in [2.45, 2.75) is 24.5 Å². The van der Waals surface area contributed by atoms with Crippen LogP contribution in [0.2, 0.25) is 0 Å². The van der Waals surface area contributed by atoms with E-state index >= 15 is 0 Å². The highest BCUT2D eigenvalue weighted by Gasteiger charge is 2.38. The summed E-state index contributed by atoms with van der Waals surface area (Å²) in [5, 5.41) is 11.2. The number of aliphatic hydroxyl groups is 1. The third kappa shape index (κ3) is 3.96. The summed E-state index contributed by atoms with van der Waals surface area (Å²) >= 11 is 0. The number of fused-ring (bicyclic) bond motifs is 1. The summed E-state index contributed by atoms with van der Waals surface area (Å²) in [6.07, 6.45) is 0.728. The molecule has 32 heavy (non-hydrogen) atoms. The van der Waals surface area contributed by atoms with Crippen molar-refractivity contribution in [3.05, 3.63) is 48.0 Å². The monoisotopic (exact) mass is 439 g/mol. The number of anilines is 2. The number of amides is 1. The SMILES string of the molecule is CN(C)c1cccc(N2CC(CN3CCC(O)(c4ccc5c(c4)OCO5)CC3)OC2=O)c1. The van der Waals surface area contributed by atoms with Crippen LogP contribution in [-0.4, -0.2) is 69.3 Å². The summed E-state index contributed by atoms with van der Waals surface area (Å²) in [5.74, 6) is 1.41. The van der Waals surface area contributed by atoms with Crippen LogP contribution in [0.1, 0.15) is 18.4 Å². The molecule has 1 atom stereocenters. The molecule has 1 unspecified atom stereocenters. The van der Waals surface area contributed by atoms with Gasteiger partial charge in [-0.3, -0.25) is 9.80 Å². The number of cyclic esters (lactones) is 1. The van der Waals surface area contributed by atoms with Gasteiger partial charge in [0.25, 0.3) is 0 Å². The number of nitrogens with zero attached hydrogens (tertiary/aromatic N) is 3. The Balaban J connectivity index is 1.19. The molecule has 2 aromatic rings. The molecule has 1 N–H and O–H groups in total. The van der Waals surface area contributed by atoms with Crippen molar-refractivity contribution in [1.29, 1.82) is 0 Å². The lowest BCUT2D eigenvalue weighted by Gasteiger charge is -2.39. The molecule has 3 aliphatic rings. The standard InChI is InChI=1S/C24H29N3O5/c1-25(2)18-4-3-5-19(13-18)27-15-20(32-23(27)28)14-26-10-8-24(29,9-11-26)17-6-7-21-22(12-17)31-16-30-21/h3-7,12-13,20,29H,8-11,14-16H2,1-2H3. The fourth-order valence-electron chi connectivity index (χ4n) is 4.63. The van der Waals surface area contributed by atoms with E-state index in [1.807, 2.05) is 61.5 Å². The van der Waals surface area contributed by atoms with Crippen molar-refractivity contribution in [2.75, 3.05) is 56.9 Å². The van der Waals surface area contributed by atoms with Crippen LogP contribution >= 0.6 is 0 Å². The molecule has 2 saturated heterocycles. The summed E-state index contributed by atoms with van der Waals surface area (Å²) in [7, 11) is 3.96. The van der Waals surface area contributed by atoms with Gasteiger partial charge in [-0.05, 0) is 48.7 Å². The Kier molecular flexibility index (Phi) is 5.35. The van der Waals surface area contributed by atoms with Gasteiger partial charge in [-0.15, -0.1) is 0 Å². The Morgan fingerprint density at radius 1 is 1.09 bits per heavy atom. The van der Waals surface area contributed by atoms with Crippen molar-refractivity contribution in [3.63, 3.8) is 0 Å². The van der Waals surface area contributed by atoms with Crippen LogP contribution in [0.15, 0.2) is 42.5 Å². The fourth-order valence-corrected chi connectivity index (χ4v) is 4.63. The minimum atomic E-state index is -0.886. The van der Waals surface area contributed by atoms with E-state index in [-0.39, 0.29) is 19.0 Å². The predicted octanol–water partition coefficient (Wildman–Crippen LogP) is 2.79. The molecule has 0 radical (unpaired) electrons. The summed E-state index contributed by atoms with van der Waals surface area (Å²) in [4.78, 5) is 18.5. The highest BCUT2D eigenvalue weighted by atomic mass is 16.7. The molecular formula is C24H29N3O5. The summed E-state index contributed by atoms with van der Waals surface area (Å²) in [5.41, 5.74) is 1.86. The number of benzene rings is 2. The Hall–Kier alpha value is -2.97. The Labute approximate surface area is 187 Å². The third-order valence-corrected chi connectivity index (χ3v) is 6.59. The zero-order valence-electron chi connectivity index (χ0n) is 18.5. The molecule has 5 rings (SSSR count). The van der Waals surface area contributed by atoms with Crippen molar-refractivity contribution >= 4 is 17.5 Å². The predicted molar refractivity (Wildman–Crippen MR) is 121 cm³/mol. The van der Waals surface area contributed by atoms with E-state index in [0.29, 0.717) is 31.7 Å². The van der Waals surface area contributed by atoms with Crippen LogP contribution in [0.5, 0.6) is 11.5 Å². The quantitative estimate of drug-likeness (QED) is 0.768. The van der Waals surface area contributed by atoms with E-state index in [0.717, 1.165) is 35.8 Å². The van der Waals surface area contributed by atoms with Crippen LogP contribution in [0, 0.1) is 0 Å². The second-order valence-electron chi connectivity index (χ2n) is 8.93. The molecular weight excluding hydrogens is 410 g/mol. The number of hydrogen-bond donors (Lipinski definition) is 1. The maximum absolute atomic E-state index is 12.5. The highest BCUT2D eigenvalue weighted by molar-refractivity contribution is 5.90. The normalized spacial score (nSPS) is 22.2. The summed E-state index contributed by atoms with van der Waals surface area (Å²) in [6, 6.07) is 13.6. The molecule has 3 heterocycles. The highest BCUT2D eigenvalue weighted by Crippen LogP contribution is 2.39. The van der Waals surface area contributed by atoms with Gasteiger partial charge in [0.05, 0.1) is 12.1 Å². The number of carbonyl (C=O) groups is 1. The maximum Gasteiger partial charge on any atom is 0.414 e. The van der Waals surface area contributed by atoms with Gasteiger partial charge in [-0.2, -0.15) is 0 Å². The molecule has 1 amide bonds. The topological polar surface area (TPSA) is 74.7 Å².